The molecule has 2 N–H and O–H groups in total. The van der Waals surface area contributed by atoms with E-state index >= 15 is 0 Å². The summed E-state index contributed by atoms with van der Waals surface area (Å²) in [5.74, 6) is 1.67. The molecule has 1 atom stereocenters. The summed E-state index contributed by atoms with van der Waals surface area (Å²) in [6.45, 7) is 3.81. The van der Waals surface area contributed by atoms with Crippen LogP contribution in [0.25, 0.3) is 10.6 Å². The molecule has 0 spiro atoms. The molecule has 0 saturated carbocycles. The lowest BCUT2D eigenvalue weighted by Gasteiger charge is -2.35. The molecular weight excluding hydrogens is 370 g/mol. The summed E-state index contributed by atoms with van der Waals surface area (Å²) in [6.07, 6.45) is 4.89. The second-order valence-electron chi connectivity index (χ2n) is 7.03. The third-order valence-corrected chi connectivity index (χ3v) is 6.33. The van der Waals surface area contributed by atoms with E-state index < -0.39 is 0 Å². The van der Waals surface area contributed by atoms with Gasteiger partial charge in [0.15, 0.2) is 0 Å². The minimum atomic E-state index is 0.147. The van der Waals surface area contributed by atoms with Crippen molar-refractivity contribution in [2.24, 2.45) is 0 Å². The fourth-order valence-electron chi connectivity index (χ4n) is 3.56. The Morgan fingerprint density at radius 1 is 1.21 bits per heavy atom. The molecule has 146 valence electrons. The summed E-state index contributed by atoms with van der Waals surface area (Å²) < 4.78 is 0. The highest BCUT2D eigenvalue weighted by Gasteiger charge is 2.23. The van der Waals surface area contributed by atoms with Crippen molar-refractivity contribution >= 4 is 23.0 Å². The first kappa shape index (κ1) is 18.8. The molecule has 0 bridgehead atoms. The molecule has 7 heteroatoms. The number of hydrogen-bond donors (Lipinski definition) is 2. The minimum Gasteiger partial charge on any atom is -0.394 e. The number of anilines is 2. The molecular formula is C21H25N5OS. The zero-order valence-corrected chi connectivity index (χ0v) is 16.8. The molecule has 3 heterocycles. The average Bonchev–Trinajstić information content (AvgIpc) is 3.13. The van der Waals surface area contributed by atoms with Crippen LogP contribution in [0.15, 0.2) is 42.7 Å². The number of nitrogens with zero attached hydrogens (tertiary/aromatic N) is 4. The van der Waals surface area contributed by atoms with Crippen LogP contribution < -0.4 is 10.2 Å². The van der Waals surface area contributed by atoms with Crippen LogP contribution in [0.4, 0.5) is 11.6 Å². The van der Waals surface area contributed by atoms with Crippen molar-refractivity contribution in [3.05, 3.63) is 53.3 Å². The van der Waals surface area contributed by atoms with Gasteiger partial charge in [-0.2, -0.15) is 0 Å². The topological polar surface area (TPSA) is 74.2 Å². The van der Waals surface area contributed by atoms with Crippen molar-refractivity contribution in [3.8, 4) is 10.6 Å². The van der Waals surface area contributed by atoms with Gasteiger partial charge in [0.05, 0.1) is 24.9 Å². The van der Waals surface area contributed by atoms with Crippen LogP contribution in [0.5, 0.6) is 0 Å². The number of thiazole rings is 1. The zero-order chi connectivity index (χ0) is 19.3. The Kier molecular flexibility index (Phi) is 5.83. The fraction of sp³-hybridized carbons (Fsp3) is 0.381. The van der Waals surface area contributed by atoms with E-state index in [1.54, 1.807) is 17.7 Å². The second kappa shape index (κ2) is 8.67. The Labute approximate surface area is 169 Å². The molecule has 0 aliphatic carbocycles. The molecule has 1 aliphatic heterocycles. The first-order valence-corrected chi connectivity index (χ1v) is 10.5. The standard InChI is InChI=1S/C21H25N5OS/c1-15-18(28-21(25-15)16-7-3-2-4-8-16)12-22-19-11-20(24-14-23-19)26-10-6-5-9-17(26)13-27/h2-4,7-8,11,14,17,27H,5-6,9-10,12-13H2,1H3,(H,22,23,24). The van der Waals surface area contributed by atoms with E-state index in [0.29, 0.717) is 6.54 Å². The van der Waals surface area contributed by atoms with Crippen molar-refractivity contribution in [1.82, 2.24) is 15.0 Å². The molecule has 3 aromatic rings. The van der Waals surface area contributed by atoms with Crippen molar-refractivity contribution in [3.63, 3.8) is 0 Å². The Hall–Kier alpha value is -2.51. The Morgan fingerprint density at radius 2 is 2.07 bits per heavy atom. The van der Waals surface area contributed by atoms with Gasteiger partial charge in [-0.1, -0.05) is 30.3 Å². The van der Waals surface area contributed by atoms with Crippen molar-refractivity contribution in [2.75, 3.05) is 23.4 Å². The SMILES string of the molecule is Cc1nc(-c2ccccc2)sc1CNc1cc(N2CCCCC2CO)ncn1. The zero-order valence-electron chi connectivity index (χ0n) is 16.0. The van der Waals surface area contributed by atoms with Gasteiger partial charge in [0.25, 0.3) is 0 Å². The predicted molar refractivity (Wildman–Crippen MR) is 114 cm³/mol. The number of rotatable bonds is 6. The molecule has 2 aromatic heterocycles. The highest BCUT2D eigenvalue weighted by atomic mass is 32.1. The maximum Gasteiger partial charge on any atom is 0.134 e. The van der Waals surface area contributed by atoms with Crippen molar-refractivity contribution < 1.29 is 5.11 Å². The summed E-state index contributed by atoms with van der Waals surface area (Å²) in [5, 5.41) is 14.1. The highest BCUT2D eigenvalue weighted by molar-refractivity contribution is 7.15. The van der Waals surface area contributed by atoms with Gasteiger partial charge < -0.3 is 15.3 Å². The third-order valence-electron chi connectivity index (χ3n) is 5.13. The number of aliphatic hydroxyl groups is 1. The summed E-state index contributed by atoms with van der Waals surface area (Å²) in [7, 11) is 0. The van der Waals surface area contributed by atoms with Crippen LogP contribution in [0.1, 0.15) is 29.8 Å². The van der Waals surface area contributed by atoms with Crippen molar-refractivity contribution in [2.45, 2.75) is 38.8 Å². The number of aliphatic hydroxyl groups excluding tert-OH is 1. The molecule has 6 nitrogen and oxygen atoms in total. The fourth-order valence-corrected chi connectivity index (χ4v) is 4.57. The van der Waals surface area contributed by atoms with Gasteiger partial charge in [0.1, 0.15) is 23.0 Å². The Morgan fingerprint density at radius 3 is 2.89 bits per heavy atom. The number of benzene rings is 1. The van der Waals surface area contributed by atoms with E-state index in [0.717, 1.165) is 53.7 Å². The summed E-state index contributed by atoms with van der Waals surface area (Å²) in [4.78, 5) is 16.9. The van der Waals surface area contributed by atoms with Crippen LogP contribution in [-0.4, -0.2) is 39.3 Å². The summed E-state index contributed by atoms with van der Waals surface area (Å²) in [5.41, 5.74) is 2.19. The molecule has 1 fully saturated rings. The predicted octanol–water partition coefficient (Wildman–Crippen LogP) is 3.87. The number of hydrogen-bond acceptors (Lipinski definition) is 7. The summed E-state index contributed by atoms with van der Waals surface area (Å²) in [6, 6.07) is 12.4. The molecule has 1 aliphatic rings. The lowest BCUT2D eigenvalue weighted by molar-refractivity contribution is 0.239. The van der Waals surface area contributed by atoms with E-state index in [2.05, 4.69) is 32.3 Å². The quantitative estimate of drug-likeness (QED) is 0.660. The van der Waals surface area contributed by atoms with E-state index in [1.807, 2.05) is 31.2 Å². The van der Waals surface area contributed by atoms with Crippen LogP contribution in [0, 0.1) is 6.92 Å². The normalized spacial score (nSPS) is 16.9. The van der Waals surface area contributed by atoms with E-state index in [-0.39, 0.29) is 12.6 Å². The molecule has 1 aromatic carbocycles. The van der Waals surface area contributed by atoms with Gasteiger partial charge in [-0.3, -0.25) is 0 Å². The van der Waals surface area contributed by atoms with Crippen LogP contribution >= 0.6 is 11.3 Å². The van der Waals surface area contributed by atoms with E-state index in [9.17, 15) is 5.11 Å². The maximum atomic E-state index is 9.66. The largest absolute Gasteiger partial charge is 0.394 e. The minimum absolute atomic E-state index is 0.147. The Balaban J connectivity index is 1.46. The molecule has 4 rings (SSSR count). The monoisotopic (exact) mass is 395 g/mol. The number of aryl methyl sites for hydroxylation is 1. The first-order valence-electron chi connectivity index (χ1n) is 9.69. The Bertz CT molecular complexity index is 914. The van der Waals surface area contributed by atoms with Gasteiger partial charge in [-0.05, 0) is 26.2 Å². The van der Waals surface area contributed by atoms with Gasteiger partial charge in [0.2, 0.25) is 0 Å². The van der Waals surface area contributed by atoms with E-state index in [4.69, 9.17) is 4.98 Å². The second-order valence-corrected chi connectivity index (χ2v) is 8.12. The average molecular weight is 396 g/mol. The van der Waals surface area contributed by atoms with Gasteiger partial charge >= 0.3 is 0 Å². The summed E-state index contributed by atoms with van der Waals surface area (Å²) >= 11 is 1.71. The number of aromatic nitrogens is 3. The third kappa shape index (κ3) is 4.15. The number of piperidine rings is 1. The maximum absolute atomic E-state index is 9.66. The lowest BCUT2D eigenvalue weighted by atomic mass is 10.0. The first-order chi connectivity index (χ1) is 13.7. The van der Waals surface area contributed by atoms with Gasteiger partial charge in [-0.15, -0.1) is 11.3 Å². The molecule has 0 radical (unpaired) electrons. The molecule has 0 amide bonds. The lowest BCUT2D eigenvalue weighted by Crippen LogP contribution is -2.42. The van der Waals surface area contributed by atoms with E-state index in [1.165, 1.54) is 4.88 Å². The molecule has 1 unspecified atom stereocenters. The van der Waals surface area contributed by atoms with Gasteiger partial charge in [0, 0.05) is 23.1 Å². The smallest absolute Gasteiger partial charge is 0.134 e. The van der Waals surface area contributed by atoms with Gasteiger partial charge in [-0.25, -0.2) is 15.0 Å². The van der Waals surface area contributed by atoms with Crippen molar-refractivity contribution in [1.29, 1.82) is 0 Å². The number of nitrogens with one attached hydrogen (secondary N) is 1. The highest BCUT2D eigenvalue weighted by Crippen LogP contribution is 2.29. The van der Waals surface area contributed by atoms with Crippen LogP contribution in [0.3, 0.4) is 0 Å². The molecule has 28 heavy (non-hydrogen) atoms. The molecule has 1 saturated heterocycles. The van der Waals surface area contributed by atoms with Crippen LogP contribution in [-0.2, 0) is 6.54 Å². The van der Waals surface area contributed by atoms with Crippen LogP contribution in [0.2, 0.25) is 0 Å².